The fraction of sp³-hybridized carbons (Fsp3) is 0.969. The summed E-state index contributed by atoms with van der Waals surface area (Å²) >= 11 is 0. The summed E-state index contributed by atoms with van der Waals surface area (Å²) in [6.07, 6.45) is 9.75. The summed E-state index contributed by atoms with van der Waals surface area (Å²) in [5, 5.41) is 13.0. The molecule has 0 heterocycles. The van der Waals surface area contributed by atoms with Gasteiger partial charge in [-0.1, -0.05) is 112 Å². The fourth-order valence-electron chi connectivity index (χ4n) is 5.56. The second kappa shape index (κ2) is 19.2. The van der Waals surface area contributed by atoms with E-state index >= 15 is 0 Å². The Labute approximate surface area is 259 Å². The van der Waals surface area contributed by atoms with Crippen molar-refractivity contribution in [2.24, 2.45) is 10.8 Å². The number of amides is 1. The quantitative estimate of drug-likeness (QED) is 0.0542. The first kappa shape index (κ1) is 41.6. The van der Waals surface area contributed by atoms with Crippen molar-refractivity contribution >= 4 is 21.6 Å². The minimum atomic E-state index is -4.37. The molecule has 0 aliphatic carbocycles. The third kappa shape index (κ3) is 20.5. The summed E-state index contributed by atoms with van der Waals surface area (Å²) in [5.74, 6) is -0.0380. The van der Waals surface area contributed by atoms with E-state index in [2.05, 4.69) is 19.2 Å². The van der Waals surface area contributed by atoms with Gasteiger partial charge in [0, 0.05) is 12.0 Å². The van der Waals surface area contributed by atoms with Crippen LogP contribution >= 0.6 is 7.82 Å². The maximum atomic E-state index is 12.8. The zero-order chi connectivity index (χ0) is 32.7. The summed E-state index contributed by atoms with van der Waals surface area (Å²) in [5.41, 5.74) is -1.59. The van der Waals surface area contributed by atoms with E-state index in [-0.39, 0.29) is 30.6 Å². The Morgan fingerprint density at radius 2 is 1.43 bits per heavy atom. The van der Waals surface area contributed by atoms with E-state index in [1.807, 2.05) is 55.4 Å². The molecule has 10 heteroatoms. The van der Waals surface area contributed by atoms with Gasteiger partial charge >= 0.3 is 7.82 Å². The van der Waals surface area contributed by atoms with Gasteiger partial charge in [0.2, 0.25) is 5.91 Å². The van der Waals surface area contributed by atoms with Crippen molar-refractivity contribution in [3.63, 3.8) is 0 Å². The molecule has 0 saturated heterocycles. The summed E-state index contributed by atoms with van der Waals surface area (Å²) in [6.45, 7) is 19.9. The largest absolute Gasteiger partial charge is 0.472 e. The lowest BCUT2D eigenvalue weighted by Gasteiger charge is -2.34. The van der Waals surface area contributed by atoms with Crippen LogP contribution in [-0.4, -0.2) is 61.3 Å². The van der Waals surface area contributed by atoms with Gasteiger partial charge in [0.15, 0.2) is 0 Å². The maximum Gasteiger partial charge on any atom is 0.472 e. The second-order valence-electron chi connectivity index (χ2n) is 14.8. The van der Waals surface area contributed by atoms with Crippen molar-refractivity contribution in [3.05, 3.63) is 0 Å². The Balaban J connectivity index is 4.75. The highest BCUT2D eigenvalue weighted by Gasteiger charge is 2.36. The molecule has 42 heavy (non-hydrogen) atoms. The number of phosphoric acid groups is 1. The van der Waals surface area contributed by atoms with Crippen molar-refractivity contribution in [2.75, 3.05) is 19.8 Å². The highest BCUT2D eigenvalue weighted by molar-refractivity contribution is 7.47. The Hall–Kier alpha value is -0.435. The average molecular weight is 618 g/mol. The molecule has 248 valence electrons. The Bertz CT molecular complexity index is 788. The SMILES string of the molecule is [B]C(C)(C)CC(C)(C)C(=O)NCC(C)(C)CC(C)OCC(O)COP(=O)(O)OC(C)(CCCCCC)CCCCCC. The number of hydrogen-bond donors (Lipinski definition) is 3. The lowest BCUT2D eigenvalue weighted by molar-refractivity contribution is -0.130. The third-order valence-electron chi connectivity index (χ3n) is 7.54. The van der Waals surface area contributed by atoms with Gasteiger partial charge in [-0.2, -0.15) is 0 Å². The number of carbonyl (C=O) groups is 1. The standard InChI is InChI=1S/C32H65BNO7P/c1-11-13-15-17-19-32(10,20-18-16-14-12-2)41-42(37,38)40-23-27(35)22-39-26(3)21-29(4,5)25-34-28(36)30(6,7)24-31(8,9)33/h26-27,35H,11-25H2,1-10H3,(H,34,36)(H,37,38). The van der Waals surface area contributed by atoms with Crippen LogP contribution < -0.4 is 5.32 Å². The summed E-state index contributed by atoms with van der Waals surface area (Å²) in [4.78, 5) is 23.3. The number of rotatable bonds is 25. The van der Waals surface area contributed by atoms with E-state index < -0.39 is 30.3 Å². The molecule has 0 aliphatic heterocycles. The van der Waals surface area contributed by atoms with Gasteiger partial charge in [0.25, 0.3) is 0 Å². The number of phosphoric ester groups is 1. The minimum absolute atomic E-state index is 0.0380. The number of aliphatic hydroxyl groups excluding tert-OH is 1. The summed E-state index contributed by atoms with van der Waals surface area (Å²) in [6, 6.07) is 0. The molecule has 3 N–H and O–H groups in total. The van der Waals surface area contributed by atoms with Gasteiger partial charge in [-0.3, -0.25) is 13.8 Å². The topological polar surface area (TPSA) is 114 Å². The van der Waals surface area contributed by atoms with Gasteiger partial charge in [-0.15, -0.1) is 0 Å². The Kier molecular flexibility index (Phi) is 19.0. The van der Waals surface area contributed by atoms with Crippen molar-refractivity contribution < 1.29 is 33.1 Å². The molecule has 0 fully saturated rings. The van der Waals surface area contributed by atoms with Crippen LogP contribution in [0.15, 0.2) is 0 Å². The van der Waals surface area contributed by atoms with Gasteiger partial charge in [0.05, 0.1) is 32.8 Å². The number of ether oxygens (including phenoxy) is 1. The van der Waals surface area contributed by atoms with E-state index in [1.54, 1.807) is 0 Å². The van der Waals surface area contributed by atoms with Gasteiger partial charge in [-0.25, -0.2) is 4.57 Å². The first-order chi connectivity index (χ1) is 19.2. The van der Waals surface area contributed by atoms with E-state index in [0.29, 0.717) is 32.2 Å². The highest BCUT2D eigenvalue weighted by Crippen LogP contribution is 2.50. The van der Waals surface area contributed by atoms with Crippen LogP contribution in [0.4, 0.5) is 0 Å². The van der Waals surface area contributed by atoms with Crippen LogP contribution in [0.2, 0.25) is 5.31 Å². The average Bonchev–Trinajstić information content (AvgIpc) is 2.83. The van der Waals surface area contributed by atoms with Gasteiger partial charge in [-0.05, 0) is 44.9 Å². The fourth-order valence-corrected chi connectivity index (χ4v) is 6.72. The van der Waals surface area contributed by atoms with Crippen molar-refractivity contribution in [1.82, 2.24) is 5.32 Å². The van der Waals surface area contributed by atoms with Crippen molar-refractivity contribution in [3.8, 4) is 0 Å². The predicted molar refractivity (Wildman–Crippen MR) is 174 cm³/mol. The van der Waals surface area contributed by atoms with Crippen molar-refractivity contribution in [2.45, 2.75) is 169 Å². The molecule has 2 radical (unpaired) electrons. The molecular weight excluding hydrogens is 552 g/mol. The van der Waals surface area contributed by atoms with Crippen LogP contribution in [0.5, 0.6) is 0 Å². The second-order valence-corrected chi connectivity index (χ2v) is 16.2. The summed E-state index contributed by atoms with van der Waals surface area (Å²) in [7, 11) is 1.76. The Morgan fingerprint density at radius 3 is 1.90 bits per heavy atom. The summed E-state index contributed by atoms with van der Waals surface area (Å²) < 4.78 is 29.6. The van der Waals surface area contributed by atoms with E-state index in [4.69, 9.17) is 21.6 Å². The smallest absolute Gasteiger partial charge is 0.388 e. The maximum absolute atomic E-state index is 12.8. The zero-order valence-corrected chi connectivity index (χ0v) is 29.6. The molecule has 0 aromatic rings. The van der Waals surface area contributed by atoms with Crippen LogP contribution in [0.1, 0.15) is 146 Å². The molecule has 0 aromatic carbocycles. The monoisotopic (exact) mass is 617 g/mol. The molecule has 0 aromatic heterocycles. The lowest BCUT2D eigenvalue weighted by atomic mass is 9.63. The molecule has 8 nitrogen and oxygen atoms in total. The predicted octanol–water partition coefficient (Wildman–Crippen LogP) is 7.90. The first-order valence-corrected chi connectivity index (χ1v) is 17.7. The highest BCUT2D eigenvalue weighted by atomic mass is 31.2. The van der Waals surface area contributed by atoms with E-state index in [1.165, 1.54) is 0 Å². The van der Waals surface area contributed by atoms with E-state index in [0.717, 1.165) is 51.4 Å². The van der Waals surface area contributed by atoms with Crippen molar-refractivity contribution in [1.29, 1.82) is 0 Å². The van der Waals surface area contributed by atoms with Crippen LogP contribution in [0.25, 0.3) is 0 Å². The third-order valence-corrected chi connectivity index (χ3v) is 8.68. The number of carbonyl (C=O) groups excluding carboxylic acids is 1. The zero-order valence-electron chi connectivity index (χ0n) is 28.7. The lowest BCUT2D eigenvalue weighted by Crippen LogP contribution is -2.43. The van der Waals surface area contributed by atoms with Gasteiger partial charge < -0.3 is 20.1 Å². The minimum Gasteiger partial charge on any atom is -0.388 e. The number of aliphatic hydroxyl groups is 1. The molecule has 3 unspecified atom stereocenters. The first-order valence-electron chi connectivity index (χ1n) is 16.2. The molecule has 3 atom stereocenters. The molecular formula is C32H65BNO7P. The van der Waals surface area contributed by atoms with E-state index in [9.17, 15) is 19.4 Å². The van der Waals surface area contributed by atoms with Crippen LogP contribution in [0.3, 0.4) is 0 Å². The van der Waals surface area contributed by atoms with Gasteiger partial charge in [0.1, 0.15) is 6.10 Å². The molecule has 0 rings (SSSR count). The molecule has 0 saturated carbocycles. The molecule has 0 spiro atoms. The van der Waals surface area contributed by atoms with Crippen LogP contribution in [-0.2, 0) is 23.1 Å². The van der Waals surface area contributed by atoms with Crippen LogP contribution in [0, 0.1) is 10.8 Å². The Morgan fingerprint density at radius 1 is 0.905 bits per heavy atom. The molecule has 1 amide bonds. The molecule has 0 bridgehead atoms. The number of unbranched alkanes of at least 4 members (excludes halogenated alkanes) is 6. The number of hydrogen-bond acceptors (Lipinski definition) is 6. The normalized spacial score (nSPS) is 16.2. The number of nitrogens with one attached hydrogen (secondary N) is 1. The molecule has 0 aliphatic rings.